The van der Waals surface area contributed by atoms with Gasteiger partial charge in [0.1, 0.15) is 12.6 Å². The van der Waals surface area contributed by atoms with Crippen molar-refractivity contribution in [1.82, 2.24) is 10.2 Å². The van der Waals surface area contributed by atoms with Crippen LogP contribution in [-0.2, 0) is 26.2 Å². The van der Waals surface area contributed by atoms with Crippen molar-refractivity contribution in [3.05, 3.63) is 94.0 Å². The van der Waals surface area contributed by atoms with E-state index >= 15 is 0 Å². The fraction of sp³-hybridized carbons (Fsp3) is 0.355. The largest absolute Gasteiger partial charge is 0.354 e. The molecule has 0 saturated heterocycles. The molecule has 2 amide bonds. The Kier molecular flexibility index (Phi) is 10.8. The van der Waals surface area contributed by atoms with Crippen LogP contribution in [0.5, 0.6) is 0 Å². The van der Waals surface area contributed by atoms with Gasteiger partial charge < -0.3 is 10.2 Å². The van der Waals surface area contributed by atoms with Crippen LogP contribution in [0, 0.1) is 20.8 Å². The van der Waals surface area contributed by atoms with Crippen LogP contribution in [0.2, 0.25) is 5.02 Å². The lowest BCUT2D eigenvalue weighted by Gasteiger charge is -2.33. The lowest BCUT2D eigenvalue weighted by molar-refractivity contribution is -0.140. The molecule has 40 heavy (non-hydrogen) atoms. The summed E-state index contributed by atoms with van der Waals surface area (Å²) in [6, 6.07) is 18.3. The third kappa shape index (κ3) is 7.64. The summed E-state index contributed by atoms with van der Waals surface area (Å²) in [5.41, 5.74) is 3.83. The Morgan fingerprint density at radius 2 is 1.62 bits per heavy atom. The number of carbonyl (C=O) groups is 2. The first-order valence-corrected chi connectivity index (χ1v) is 15.3. The zero-order valence-electron chi connectivity index (χ0n) is 23.8. The molecule has 0 saturated carbocycles. The van der Waals surface area contributed by atoms with E-state index in [0.717, 1.165) is 33.0 Å². The number of rotatable bonds is 12. The quantitative estimate of drug-likeness (QED) is 0.292. The molecule has 0 aliphatic rings. The van der Waals surface area contributed by atoms with E-state index < -0.39 is 28.5 Å². The van der Waals surface area contributed by atoms with E-state index in [-0.39, 0.29) is 23.0 Å². The summed E-state index contributed by atoms with van der Waals surface area (Å²) in [4.78, 5) is 28.8. The minimum Gasteiger partial charge on any atom is -0.354 e. The summed E-state index contributed by atoms with van der Waals surface area (Å²) >= 11 is 6.39. The van der Waals surface area contributed by atoms with Crippen molar-refractivity contribution >= 4 is 39.1 Å². The summed E-state index contributed by atoms with van der Waals surface area (Å²) in [6.07, 6.45) is 1.12. The molecule has 7 nitrogen and oxygen atoms in total. The minimum atomic E-state index is -4.15. The molecular weight excluding hydrogens is 546 g/mol. The maximum absolute atomic E-state index is 14.1. The van der Waals surface area contributed by atoms with Crippen molar-refractivity contribution < 1.29 is 18.0 Å². The molecule has 3 aromatic rings. The smallest absolute Gasteiger partial charge is 0.264 e. The van der Waals surface area contributed by atoms with Crippen molar-refractivity contribution in [1.29, 1.82) is 0 Å². The SMILES string of the molecule is CCCNC(=O)[C@H](CC)N(Cc1cccc(C)c1)C(=O)CN(c1ccc(C)c(Cl)c1)S(=O)(=O)c1ccc(C)cc1. The Hall–Kier alpha value is -3.36. The van der Waals surface area contributed by atoms with Crippen molar-refractivity contribution in [2.24, 2.45) is 0 Å². The highest BCUT2D eigenvalue weighted by Crippen LogP contribution is 2.29. The molecule has 0 aromatic heterocycles. The lowest BCUT2D eigenvalue weighted by atomic mass is 10.1. The number of benzene rings is 3. The molecule has 0 aliphatic heterocycles. The molecule has 0 bridgehead atoms. The topological polar surface area (TPSA) is 86.8 Å². The minimum absolute atomic E-state index is 0.0561. The molecule has 0 unspecified atom stereocenters. The number of amides is 2. The van der Waals surface area contributed by atoms with Crippen LogP contribution in [0.15, 0.2) is 71.6 Å². The highest BCUT2D eigenvalue weighted by atomic mass is 35.5. The van der Waals surface area contributed by atoms with E-state index in [2.05, 4.69) is 5.32 Å². The summed E-state index contributed by atoms with van der Waals surface area (Å²) in [6.45, 7) is 9.58. The van der Waals surface area contributed by atoms with E-state index in [1.165, 1.54) is 17.0 Å². The van der Waals surface area contributed by atoms with Gasteiger partial charge in [-0.05, 0) is 69.0 Å². The number of sulfonamides is 1. The van der Waals surface area contributed by atoms with E-state index in [1.54, 1.807) is 30.3 Å². The van der Waals surface area contributed by atoms with Gasteiger partial charge in [0.25, 0.3) is 10.0 Å². The van der Waals surface area contributed by atoms with Gasteiger partial charge in [0.05, 0.1) is 10.6 Å². The van der Waals surface area contributed by atoms with Gasteiger partial charge in [-0.3, -0.25) is 13.9 Å². The maximum atomic E-state index is 14.1. The number of nitrogens with one attached hydrogen (secondary N) is 1. The molecule has 214 valence electrons. The first kappa shape index (κ1) is 31.2. The van der Waals surface area contributed by atoms with Crippen LogP contribution in [0.1, 0.15) is 48.9 Å². The zero-order chi connectivity index (χ0) is 29.4. The highest BCUT2D eigenvalue weighted by molar-refractivity contribution is 7.92. The highest BCUT2D eigenvalue weighted by Gasteiger charge is 2.33. The van der Waals surface area contributed by atoms with E-state index in [0.29, 0.717) is 18.0 Å². The second-order valence-electron chi connectivity index (χ2n) is 9.98. The lowest BCUT2D eigenvalue weighted by Crippen LogP contribution is -2.52. The molecule has 3 rings (SSSR count). The Balaban J connectivity index is 2.08. The number of nitrogens with zero attached hydrogens (tertiary/aromatic N) is 2. The number of aryl methyl sites for hydroxylation is 3. The van der Waals surface area contributed by atoms with Crippen LogP contribution < -0.4 is 9.62 Å². The van der Waals surface area contributed by atoms with Crippen LogP contribution in [0.25, 0.3) is 0 Å². The number of halogens is 1. The Labute approximate surface area is 243 Å². The van der Waals surface area contributed by atoms with Gasteiger partial charge in [-0.15, -0.1) is 0 Å². The molecular formula is C31H38ClN3O4S. The number of hydrogen-bond donors (Lipinski definition) is 1. The number of anilines is 1. The van der Waals surface area contributed by atoms with Crippen molar-refractivity contribution in [2.45, 2.75) is 64.9 Å². The van der Waals surface area contributed by atoms with E-state index in [9.17, 15) is 18.0 Å². The fourth-order valence-corrected chi connectivity index (χ4v) is 5.98. The number of carbonyl (C=O) groups excluding carboxylic acids is 2. The van der Waals surface area contributed by atoms with Gasteiger partial charge in [0, 0.05) is 18.1 Å². The molecule has 0 aliphatic carbocycles. The first-order chi connectivity index (χ1) is 19.0. The zero-order valence-corrected chi connectivity index (χ0v) is 25.3. The second-order valence-corrected chi connectivity index (χ2v) is 12.3. The van der Waals surface area contributed by atoms with Gasteiger partial charge in [0.15, 0.2) is 0 Å². The van der Waals surface area contributed by atoms with Crippen LogP contribution in [0.4, 0.5) is 5.69 Å². The van der Waals surface area contributed by atoms with E-state index in [1.807, 2.05) is 58.9 Å². The molecule has 0 fully saturated rings. The molecule has 3 aromatic carbocycles. The van der Waals surface area contributed by atoms with Crippen LogP contribution in [-0.4, -0.2) is 44.3 Å². The Bertz CT molecular complexity index is 1440. The van der Waals surface area contributed by atoms with Gasteiger partial charge in [0.2, 0.25) is 11.8 Å². The maximum Gasteiger partial charge on any atom is 0.264 e. The standard InChI is InChI=1S/C31H38ClN3O4S/c1-6-17-33-31(37)29(7-2)34(20-25-10-8-9-23(4)18-25)30(36)21-35(26-14-13-24(5)28(32)19-26)40(38,39)27-15-11-22(3)12-16-27/h8-16,18-19,29H,6-7,17,20-21H2,1-5H3,(H,33,37)/t29-/m0/s1. The predicted octanol–water partition coefficient (Wildman–Crippen LogP) is 5.79. The molecule has 9 heteroatoms. The molecule has 1 N–H and O–H groups in total. The summed E-state index contributed by atoms with van der Waals surface area (Å²) in [5.74, 6) is -0.760. The first-order valence-electron chi connectivity index (χ1n) is 13.5. The van der Waals surface area contributed by atoms with Gasteiger partial charge in [-0.25, -0.2) is 8.42 Å². The summed E-state index contributed by atoms with van der Waals surface area (Å²) in [5, 5.41) is 3.28. The predicted molar refractivity (Wildman–Crippen MR) is 161 cm³/mol. The van der Waals surface area contributed by atoms with Gasteiger partial charge in [-0.1, -0.05) is 79.0 Å². The average molecular weight is 584 g/mol. The second kappa shape index (κ2) is 13.8. The Morgan fingerprint density at radius 3 is 2.23 bits per heavy atom. The van der Waals surface area contributed by atoms with E-state index in [4.69, 9.17) is 11.6 Å². The van der Waals surface area contributed by atoms with Gasteiger partial charge in [-0.2, -0.15) is 0 Å². The summed E-state index contributed by atoms with van der Waals surface area (Å²) in [7, 11) is -4.15. The van der Waals surface area contributed by atoms with Crippen molar-refractivity contribution in [3.8, 4) is 0 Å². The third-order valence-corrected chi connectivity index (χ3v) is 8.90. The normalized spacial score (nSPS) is 12.1. The number of hydrogen-bond acceptors (Lipinski definition) is 4. The van der Waals surface area contributed by atoms with Crippen LogP contribution in [0.3, 0.4) is 0 Å². The molecule has 0 heterocycles. The van der Waals surface area contributed by atoms with Crippen molar-refractivity contribution in [3.63, 3.8) is 0 Å². The monoisotopic (exact) mass is 583 g/mol. The molecule has 0 spiro atoms. The summed E-state index contributed by atoms with van der Waals surface area (Å²) < 4.78 is 29.0. The van der Waals surface area contributed by atoms with Crippen molar-refractivity contribution in [2.75, 3.05) is 17.4 Å². The Morgan fingerprint density at radius 1 is 0.925 bits per heavy atom. The molecule has 0 radical (unpaired) electrons. The molecule has 1 atom stereocenters. The van der Waals surface area contributed by atoms with Crippen LogP contribution >= 0.6 is 11.6 Å². The fourth-order valence-electron chi connectivity index (χ4n) is 4.40. The third-order valence-electron chi connectivity index (χ3n) is 6.70. The average Bonchev–Trinajstić information content (AvgIpc) is 2.92. The van der Waals surface area contributed by atoms with Gasteiger partial charge >= 0.3 is 0 Å².